The highest BCUT2D eigenvalue weighted by atomic mass is 16.2. The van der Waals surface area contributed by atoms with Crippen molar-refractivity contribution in [2.45, 2.75) is 63.5 Å². The van der Waals surface area contributed by atoms with Gasteiger partial charge in [0.25, 0.3) is 5.91 Å². The summed E-state index contributed by atoms with van der Waals surface area (Å²) < 4.78 is 0. The smallest absolute Gasteiger partial charge is 0.251 e. The Labute approximate surface area is 246 Å². The summed E-state index contributed by atoms with van der Waals surface area (Å²) in [5.41, 5.74) is 2.92. The summed E-state index contributed by atoms with van der Waals surface area (Å²) in [5.74, 6) is 7.04. The quantitative estimate of drug-likeness (QED) is 0.369. The van der Waals surface area contributed by atoms with Gasteiger partial charge in [0.1, 0.15) is 12.1 Å². The van der Waals surface area contributed by atoms with Gasteiger partial charge in [-0.3, -0.25) is 19.2 Å². The number of benzene rings is 2. The third-order valence-corrected chi connectivity index (χ3v) is 8.40. The van der Waals surface area contributed by atoms with Crippen molar-refractivity contribution in [2.24, 2.45) is 11.8 Å². The minimum atomic E-state index is -0.574. The molecule has 2 N–H and O–H groups in total. The van der Waals surface area contributed by atoms with Gasteiger partial charge in [-0.15, -0.1) is 0 Å². The first-order chi connectivity index (χ1) is 20.4. The monoisotopic (exact) mass is 564 g/mol. The van der Waals surface area contributed by atoms with E-state index in [1.54, 1.807) is 28.0 Å². The van der Waals surface area contributed by atoms with Crippen LogP contribution in [0.25, 0.3) is 0 Å². The Kier molecular flexibility index (Phi) is 8.09. The Hall–Kier alpha value is -4.38. The minimum Gasteiger partial charge on any atom is -0.331 e. The summed E-state index contributed by atoms with van der Waals surface area (Å²) >= 11 is 0. The fourth-order valence-electron chi connectivity index (χ4n) is 5.58. The standard InChI is InChI=1S/C34H36N4O4/c39-31(21-25-7-8-25)37-19-1-3-29(37)33(41)35-27-15-11-23(12-16-27)5-6-24-13-17-28(18-14-24)36-34(42)30-4-2-20-38(30)32(40)22-26-9-10-26/h1,3,11-18,25-26,29-30H,2,4,7-10,19-22H2,(H,35,41)(H,36,42)/t29-,30-/m0/s1. The van der Waals surface area contributed by atoms with Crippen LogP contribution in [0.15, 0.2) is 60.7 Å². The van der Waals surface area contributed by atoms with Crippen molar-refractivity contribution < 1.29 is 19.2 Å². The molecule has 2 heterocycles. The SMILES string of the molecule is O=C(Nc1ccc(C#Cc2ccc(NC(=O)[C@@H]3CCCN3C(=O)CC3CC3)cc2)cc1)[C@@H]1C=CCN1C(=O)CC1CC1. The third kappa shape index (κ3) is 6.91. The highest BCUT2D eigenvalue weighted by Gasteiger charge is 2.36. The molecule has 2 saturated carbocycles. The van der Waals surface area contributed by atoms with Gasteiger partial charge in [-0.05, 0) is 98.9 Å². The average Bonchev–Trinajstić information content (AvgIpc) is 3.87. The molecule has 2 atom stereocenters. The van der Waals surface area contributed by atoms with Crippen LogP contribution in [0.3, 0.4) is 0 Å². The second-order valence-electron chi connectivity index (χ2n) is 11.8. The number of hydrogen-bond acceptors (Lipinski definition) is 4. The van der Waals surface area contributed by atoms with Crippen molar-refractivity contribution in [2.75, 3.05) is 23.7 Å². The molecule has 2 aromatic rings. The zero-order valence-electron chi connectivity index (χ0n) is 23.7. The van der Waals surface area contributed by atoms with Gasteiger partial charge in [0, 0.05) is 48.4 Å². The van der Waals surface area contributed by atoms with Gasteiger partial charge < -0.3 is 20.4 Å². The summed E-state index contributed by atoms with van der Waals surface area (Å²) in [6.45, 7) is 1.13. The lowest BCUT2D eigenvalue weighted by molar-refractivity contribution is -0.137. The summed E-state index contributed by atoms with van der Waals surface area (Å²) in [7, 11) is 0. The number of nitrogens with zero attached hydrogens (tertiary/aromatic N) is 2. The number of carbonyl (C=O) groups is 4. The van der Waals surface area contributed by atoms with E-state index in [1.165, 1.54) is 0 Å². The van der Waals surface area contributed by atoms with Crippen molar-refractivity contribution in [1.29, 1.82) is 0 Å². The Bertz CT molecular complexity index is 1450. The number of hydrogen-bond donors (Lipinski definition) is 2. The predicted octanol–water partition coefficient (Wildman–Crippen LogP) is 4.32. The van der Waals surface area contributed by atoms with Crippen molar-refractivity contribution >= 4 is 35.0 Å². The van der Waals surface area contributed by atoms with E-state index in [2.05, 4.69) is 22.5 Å². The topological polar surface area (TPSA) is 98.8 Å². The average molecular weight is 565 g/mol. The highest BCUT2D eigenvalue weighted by molar-refractivity contribution is 5.99. The first-order valence-electron chi connectivity index (χ1n) is 15.0. The van der Waals surface area contributed by atoms with Crippen molar-refractivity contribution in [3.63, 3.8) is 0 Å². The molecule has 3 fully saturated rings. The fraction of sp³-hybridized carbons (Fsp3) is 0.412. The van der Waals surface area contributed by atoms with Crippen molar-refractivity contribution in [1.82, 2.24) is 9.80 Å². The van der Waals surface area contributed by atoms with E-state index in [4.69, 9.17) is 0 Å². The van der Waals surface area contributed by atoms with Gasteiger partial charge in [0.15, 0.2) is 0 Å². The molecule has 2 aromatic carbocycles. The summed E-state index contributed by atoms with van der Waals surface area (Å²) in [4.78, 5) is 54.3. The number of rotatable bonds is 8. The Morgan fingerprint density at radius 3 is 1.76 bits per heavy atom. The molecule has 216 valence electrons. The molecule has 0 aromatic heterocycles. The molecule has 0 bridgehead atoms. The van der Waals surface area contributed by atoms with E-state index in [1.807, 2.05) is 42.5 Å². The third-order valence-electron chi connectivity index (χ3n) is 8.40. The second-order valence-corrected chi connectivity index (χ2v) is 11.8. The van der Waals surface area contributed by atoms with Gasteiger partial charge in [-0.1, -0.05) is 24.0 Å². The van der Waals surface area contributed by atoms with Crippen molar-refractivity contribution in [3.8, 4) is 11.8 Å². The van der Waals surface area contributed by atoms with Crippen LogP contribution < -0.4 is 10.6 Å². The normalized spacial score (nSPS) is 21.0. The molecule has 0 unspecified atom stereocenters. The maximum Gasteiger partial charge on any atom is 0.251 e. The van der Waals surface area contributed by atoms with Gasteiger partial charge in [0.05, 0.1) is 0 Å². The van der Waals surface area contributed by atoms with Crippen LogP contribution in [0.2, 0.25) is 0 Å². The molecule has 0 spiro atoms. The van der Waals surface area contributed by atoms with Crippen LogP contribution in [-0.2, 0) is 19.2 Å². The molecule has 2 aliphatic heterocycles. The Balaban J connectivity index is 0.999. The number of nitrogens with one attached hydrogen (secondary N) is 2. The van der Waals surface area contributed by atoms with E-state index >= 15 is 0 Å². The van der Waals surface area contributed by atoms with Gasteiger partial charge in [-0.2, -0.15) is 0 Å². The maximum absolute atomic E-state index is 12.9. The van der Waals surface area contributed by atoms with E-state index in [-0.39, 0.29) is 23.6 Å². The van der Waals surface area contributed by atoms with E-state index in [0.717, 1.165) is 43.2 Å². The maximum atomic E-state index is 12.9. The fourth-order valence-corrected chi connectivity index (χ4v) is 5.58. The number of carbonyl (C=O) groups excluding carboxylic acids is 4. The molecule has 1 saturated heterocycles. The van der Waals surface area contributed by atoms with E-state index in [0.29, 0.717) is 55.6 Å². The Morgan fingerprint density at radius 2 is 1.21 bits per heavy atom. The van der Waals surface area contributed by atoms with Crippen LogP contribution in [-0.4, -0.2) is 58.6 Å². The molecule has 4 aliphatic rings. The molecule has 0 radical (unpaired) electrons. The van der Waals surface area contributed by atoms with E-state index < -0.39 is 12.1 Å². The summed E-state index contributed by atoms with van der Waals surface area (Å²) in [6, 6.07) is 13.7. The first kappa shape index (κ1) is 27.8. The first-order valence-corrected chi connectivity index (χ1v) is 15.0. The minimum absolute atomic E-state index is 0.0415. The van der Waals surface area contributed by atoms with Crippen LogP contribution in [0.4, 0.5) is 11.4 Å². The molecule has 8 heteroatoms. The van der Waals surface area contributed by atoms with Crippen LogP contribution in [0.1, 0.15) is 62.5 Å². The molecule has 42 heavy (non-hydrogen) atoms. The van der Waals surface area contributed by atoms with Gasteiger partial charge >= 0.3 is 0 Å². The second kappa shape index (κ2) is 12.2. The van der Waals surface area contributed by atoms with E-state index in [9.17, 15) is 19.2 Å². The molecular weight excluding hydrogens is 528 g/mol. The number of anilines is 2. The van der Waals surface area contributed by atoms with Crippen molar-refractivity contribution in [3.05, 3.63) is 71.8 Å². The molecule has 8 nitrogen and oxygen atoms in total. The number of amides is 4. The van der Waals surface area contributed by atoms with Crippen LogP contribution >= 0.6 is 0 Å². The summed E-state index contributed by atoms with van der Waals surface area (Å²) in [5, 5.41) is 5.87. The lowest BCUT2D eigenvalue weighted by Gasteiger charge is -2.24. The van der Waals surface area contributed by atoms with Gasteiger partial charge in [0.2, 0.25) is 17.7 Å². The molecule has 2 aliphatic carbocycles. The lowest BCUT2D eigenvalue weighted by Crippen LogP contribution is -2.43. The zero-order valence-corrected chi connectivity index (χ0v) is 23.7. The molecule has 4 amide bonds. The number of likely N-dealkylation sites (tertiary alicyclic amines) is 1. The van der Waals surface area contributed by atoms with Crippen LogP contribution in [0.5, 0.6) is 0 Å². The lowest BCUT2D eigenvalue weighted by atomic mass is 10.1. The van der Waals surface area contributed by atoms with Crippen LogP contribution in [0, 0.1) is 23.7 Å². The summed E-state index contributed by atoms with van der Waals surface area (Å²) in [6.07, 6.45) is 10.8. The predicted molar refractivity (Wildman–Crippen MR) is 160 cm³/mol. The molecule has 6 rings (SSSR count). The Morgan fingerprint density at radius 1 is 0.690 bits per heavy atom. The molecular formula is C34H36N4O4. The zero-order chi connectivity index (χ0) is 29.1. The largest absolute Gasteiger partial charge is 0.331 e. The van der Waals surface area contributed by atoms with Gasteiger partial charge in [-0.25, -0.2) is 0 Å². The highest BCUT2D eigenvalue weighted by Crippen LogP contribution is 2.34.